The summed E-state index contributed by atoms with van der Waals surface area (Å²) in [7, 11) is 0. The van der Waals surface area contributed by atoms with Crippen LogP contribution in [0.3, 0.4) is 0 Å². The third kappa shape index (κ3) is 3.57. The van der Waals surface area contributed by atoms with E-state index in [-0.39, 0.29) is 23.7 Å². The van der Waals surface area contributed by atoms with Gasteiger partial charge in [-0.1, -0.05) is 37.3 Å². The van der Waals surface area contributed by atoms with E-state index < -0.39 is 5.60 Å². The number of fused-ring (bicyclic) bond motifs is 1. The number of carbonyl (C=O) groups excluding carboxylic acids is 1. The third-order valence-corrected chi connectivity index (χ3v) is 8.37. The Morgan fingerprint density at radius 3 is 2.63 bits per heavy atom. The van der Waals surface area contributed by atoms with Crippen molar-refractivity contribution in [3.63, 3.8) is 0 Å². The van der Waals surface area contributed by atoms with Crippen molar-refractivity contribution in [2.45, 2.75) is 57.1 Å². The maximum Gasteiger partial charge on any atom is 0.254 e. The molecule has 2 aromatic carbocycles. The smallest absolute Gasteiger partial charge is 0.254 e. The minimum atomic E-state index is -1.02. The summed E-state index contributed by atoms with van der Waals surface area (Å²) in [5.41, 5.74) is 5.89. The van der Waals surface area contributed by atoms with Crippen LogP contribution in [0.4, 0.5) is 4.39 Å². The van der Waals surface area contributed by atoms with Gasteiger partial charge in [0.15, 0.2) is 0 Å². The number of aryl methyl sites for hydroxylation is 1. The molecule has 2 aliphatic heterocycles. The first-order valence-electron chi connectivity index (χ1n) is 12.7. The highest BCUT2D eigenvalue weighted by atomic mass is 19.1. The molecule has 0 radical (unpaired) electrons. The first-order valence-corrected chi connectivity index (χ1v) is 12.7. The summed E-state index contributed by atoms with van der Waals surface area (Å²) in [4.78, 5) is 14.9. The highest BCUT2D eigenvalue weighted by molar-refractivity contribution is 5.96. The van der Waals surface area contributed by atoms with Crippen molar-refractivity contribution in [1.29, 1.82) is 0 Å². The zero-order chi connectivity index (χ0) is 24.2. The van der Waals surface area contributed by atoms with E-state index >= 15 is 0 Å². The van der Waals surface area contributed by atoms with Crippen molar-refractivity contribution in [2.75, 3.05) is 13.1 Å². The van der Waals surface area contributed by atoms with Gasteiger partial charge in [-0.05, 0) is 79.0 Å². The van der Waals surface area contributed by atoms with Crippen molar-refractivity contribution in [2.24, 2.45) is 16.1 Å². The Morgan fingerprint density at radius 1 is 1.11 bits per heavy atom. The van der Waals surface area contributed by atoms with Gasteiger partial charge in [0, 0.05) is 30.1 Å². The molecule has 2 aliphatic carbocycles. The summed E-state index contributed by atoms with van der Waals surface area (Å²) in [6, 6.07) is 14.1. The molecule has 1 unspecified atom stereocenters. The van der Waals surface area contributed by atoms with Gasteiger partial charge in [-0.25, -0.2) is 4.39 Å². The Hall–Kier alpha value is -3.12. The number of likely N-dealkylation sites (tertiary alicyclic amines) is 1. The van der Waals surface area contributed by atoms with Gasteiger partial charge in [0.25, 0.3) is 5.91 Å². The van der Waals surface area contributed by atoms with Gasteiger partial charge in [0.2, 0.25) is 0 Å². The van der Waals surface area contributed by atoms with Crippen molar-refractivity contribution in [3.8, 4) is 0 Å². The molecule has 0 aromatic heterocycles. The van der Waals surface area contributed by atoms with Gasteiger partial charge in [-0.15, -0.1) is 0 Å². The molecule has 1 amide bonds. The summed E-state index contributed by atoms with van der Waals surface area (Å²) >= 11 is 0. The number of carbonyl (C=O) groups is 1. The van der Waals surface area contributed by atoms with E-state index in [0.717, 1.165) is 72.3 Å². The number of aliphatic hydroxyl groups is 1. The molecule has 3 atom stereocenters. The molecule has 35 heavy (non-hydrogen) atoms. The molecular formula is C29H30FN3O2. The summed E-state index contributed by atoms with van der Waals surface area (Å²) in [6.45, 7) is 3.68. The topological polar surface area (TPSA) is 65.3 Å². The number of nitrogens with zero attached hydrogens (tertiary/aromatic N) is 3. The average molecular weight is 472 g/mol. The summed E-state index contributed by atoms with van der Waals surface area (Å²) in [5, 5.41) is 21.3. The highest BCUT2D eigenvalue weighted by Gasteiger charge is 2.50. The van der Waals surface area contributed by atoms with Gasteiger partial charge in [-0.3, -0.25) is 4.79 Å². The van der Waals surface area contributed by atoms with Gasteiger partial charge >= 0.3 is 0 Å². The Kier molecular flexibility index (Phi) is 5.44. The van der Waals surface area contributed by atoms with E-state index in [0.29, 0.717) is 12.8 Å². The average Bonchev–Trinajstić information content (AvgIpc) is 3.49. The standard InChI is InChI=1S/C29H30FN3O2/c1-18-26-25(27(32-31-26)20-10-12-21(30)13-11-20)23-8-4-9-24(23)29(18,35)15-14-19-6-2-3-7-22(19)28(34)33-16-5-17-33/h2-3,6-7,10-13,18,27,35H,4-5,8-9,14-17H2,1H3/t18-,27?,29+/m0/s1. The van der Waals surface area contributed by atoms with Crippen molar-refractivity contribution in [1.82, 2.24) is 4.90 Å². The summed E-state index contributed by atoms with van der Waals surface area (Å²) in [6.07, 6.45) is 4.97. The lowest BCUT2D eigenvalue weighted by molar-refractivity contribution is 0.0242. The number of azo groups is 1. The van der Waals surface area contributed by atoms with Gasteiger partial charge in [0.05, 0.1) is 11.3 Å². The monoisotopic (exact) mass is 471 g/mol. The Balaban J connectivity index is 1.31. The molecular weight excluding hydrogens is 441 g/mol. The fourth-order valence-electron chi connectivity index (χ4n) is 6.22. The normalized spacial score (nSPS) is 27.2. The molecule has 1 saturated heterocycles. The van der Waals surface area contributed by atoms with Crippen LogP contribution >= 0.6 is 0 Å². The van der Waals surface area contributed by atoms with E-state index in [1.54, 1.807) is 12.1 Å². The molecule has 2 aromatic rings. The molecule has 0 bridgehead atoms. The lowest BCUT2D eigenvalue weighted by Crippen LogP contribution is -2.43. The first-order chi connectivity index (χ1) is 17.0. The highest BCUT2D eigenvalue weighted by Crippen LogP contribution is 2.56. The summed E-state index contributed by atoms with van der Waals surface area (Å²) in [5.74, 6) is -0.382. The molecule has 4 aliphatic rings. The van der Waals surface area contributed by atoms with Crippen LogP contribution < -0.4 is 0 Å². The van der Waals surface area contributed by atoms with E-state index in [4.69, 9.17) is 0 Å². The third-order valence-electron chi connectivity index (χ3n) is 8.37. The van der Waals surface area contributed by atoms with Gasteiger partial charge in [-0.2, -0.15) is 10.2 Å². The second-order valence-corrected chi connectivity index (χ2v) is 10.2. The molecule has 2 heterocycles. The van der Waals surface area contributed by atoms with E-state index in [1.807, 2.05) is 36.1 Å². The van der Waals surface area contributed by atoms with E-state index in [1.165, 1.54) is 17.7 Å². The van der Waals surface area contributed by atoms with E-state index in [2.05, 4.69) is 10.2 Å². The predicted molar refractivity (Wildman–Crippen MR) is 131 cm³/mol. The van der Waals surface area contributed by atoms with Crippen LogP contribution in [0, 0.1) is 11.7 Å². The van der Waals surface area contributed by atoms with Crippen LogP contribution in [-0.4, -0.2) is 34.6 Å². The van der Waals surface area contributed by atoms with Crippen LogP contribution in [0.15, 0.2) is 81.2 Å². The molecule has 1 N–H and O–H groups in total. The fourth-order valence-corrected chi connectivity index (χ4v) is 6.22. The number of hydrogen-bond acceptors (Lipinski definition) is 4. The molecule has 180 valence electrons. The molecule has 6 rings (SSSR count). The minimum absolute atomic E-state index is 0.0908. The maximum absolute atomic E-state index is 13.5. The molecule has 5 nitrogen and oxygen atoms in total. The maximum atomic E-state index is 13.5. The zero-order valence-electron chi connectivity index (χ0n) is 20.0. The Labute approximate surface area is 205 Å². The first kappa shape index (κ1) is 22.4. The van der Waals surface area contributed by atoms with E-state index in [9.17, 15) is 14.3 Å². The zero-order valence-corrected chi connectivity index (χ0v) is 20.0. The fraction of sp³-hybridized carbons (Fsp3) is 0.414. The minimum Gasteiger partial charge on any atom is -0.385 e. The number of halogens is 1. The van der Waals surface area contributed by atoms with Crippen molar-refractivity contribution < 1.29 is 14.3 Å². The van der Waals surface area contributed by atoms with Crippen LogP contribution in [0.1, 0.15) is 66.6 Å². The van der Waals surface area contributed by atoms with Gasteiger partial charge in [0.1, 0.15) is 11.9 Å². The number of amides is 1. The number of hydrogen-bond donors (Lipinski definition) is 1. The van der Waals surface area contributed by atoms with Gasteiger partial charge < -0.3 is 10.0 Å². The lowest BCUT2D eigenvalue weighted by Gasteiger charge is -2.40. The van der Waals surface area contributed by atoms with Crippen LogP contribution in [0.5, 0.6) is 0 Å². The number of benzene rings is 2. The quantitative estimate of drug-likeness (QED) is 0.588. The molecule has 1 fully saturated rings. The molecule has 0 spiro atoms. The Morgan fingerprint density at radius 2 is 1.89 bits per heavy atom. The van der Waals surface area contributed by atoms with Crippen molar-refractivity contribution in [3.05, 3.63) is 93.5 Å². The SMILES string of the molecule is C[C@H]1C2=C(C3=C(CCC3)[C@@]1(O)CCc1ccccc1C(=O)N1CCC1)C(c1ccc(F)cc1)N=N2. The van der Waals surface area contributed by atoms with Crippen LogP contribution in [0.25, 0.3) is 0 Å². The second kappa shape index (κ2) is 8.52. The largest absolute Gasteiger partial charge is 0.385 e. The van der Waals surface area contributed by atoms with Crippen LogP contribution in [0.2, 0.25) is 0 Å². The summed E-state index contributed by atoms with van der Waals surface area (Å²) < 4.78 is 13.5. The second-order valence-electron chi connectivity index (χ2n) is 10.2. The lowest BCUT2D eigenvalue weighted by atomic mass is 9.68. The molecule has 6 heteroatoms. The Bertz CT molecular complexity index is 1280. The van der Waals surface area contributed by atoms with Crippen molar-refractivity contribution >= 4 is 5.91 Å². The predicted octanol–water partition coefficient (Wildman–Crippen LogP) is 5.93. The molecule has 0 saturated carbocycles. The van der Waals surface area contributed by atoms with Crippen LogP contribution in [-0.2, 0) is 6.42 Å². The number of rotatable bonds is 5.